The maximum Gasteiger partial charge on any atom is 0.312 e. The van der Waals surface area contributed by atoms with Crippen molar-refractivity contribution in [2.24, 2.45) is 5.92 Å². The molecule has 1 aromatic rings. The van der Waals surface area contributed by atoms with Crippen LogP contribution in [0.25, 0.3) is 0 Å². The highest BCUT2D eigenvalue weighted by Gasteiger charge is 2.34. The number of pyridine rings is 1. The van der Waals surface area contributed by atoms with E-state index in [9.17, 15) is 14.9 Å². The zero-order valence-electron chi connectivity index (χ0n) is 9.87. The Morgan fingerprint density at radius 2 is 2.39 bits per heavy atom. The summed E-state index contributed by atoms with van der Waals surface area (Å²) in [5.74, 6) is 0.721. The minimum Gasteiger partial charge on any atom is -0.291 e. The molecule has 1 aliphatic rings. The van der Waals surface area contributed by atoms with Gasteiger partial charge in [-0.2, -0.15) is 12.6 Å². The van der Waals surface area contributed by atoms with E-state index in [-0.39, 0.29) is 23.3 Å². The molecule has 1 atom stereocenters. The zero-order valence-corrected chi connectivity index (χ0v) is 10.8. The quantitative estimate of drug-likeness (QED) is 0.512. The third-order valence-corrected chi connectivity index (χ3v) is 3.42. The predicted molar refractivity (Wildman–Crippen MR) is 69.9 cm³/mol. The lowest BCUT2D eigenvalue weighted by Crippen LogP contribution is -2.26. The average molecular weight is 267 g/mol. The number of thiol groups is 1. The molecule has 2 rings (SSSR count). The van der Waals surface area contributed by atoms with Crippen LogP contribution >= 0.6 is 12.6 Å². The van der Waals surface area contributed by atoms with Gasteiger partial charge in [0.2, 0.25) is 11.7 Å². The molecule has 1 saturated heterocycles. The minimum absolute atomic E-state index is 0.122. The first kappa shape index (κ1) is 12.8. The highest BCUT2D eigenvalue weighted by Crippen LogP contribution is 2.31. The molecule has 0 aromatic carbocycles. The zero-order chi connectivity index (χ0) is 13.3. The molecular weight excluding hydrogens is 254 g/mol. The number of aryl methyl sites for hydroxylation is 1. The molecule has 6 nitrogen and oxygen atoms in total. The van der Waals surface area contributed by atoms with Gasteiger partial charge in [-0.15, -0.1) is 0 Å². The van der Waals surface area contributed by atoms with E-state index in [1.807, 2.05) is 0 Å². The molecule has 0 saturated carbocycles. The molecule has 0 bridgehead atoms. The van der Waals surface area contributed by atoms with Crippen LogP contribution in [0.1, 0.15) is 12.0 Å². The van der Waals surface area contributed by atoms with Crippen molar-refractivity contribution in [2.75, 3.05) is 17.2 Å². The summed E-state index contributed by atoms with van der Waals surface area (Å²) < 4.78 is 0. The molecule has 1 amide bonds. The van der Waals surface area contributed by atoms with Gasteiger partial charge in [-0.05, 0) is 24.2 Å². The van der Waals surface area contributed by atoms with Gasteiger partial charge in [-0.1, -0.05) is 0 Å². The van der Waals surface area contributed by atoms with Crippen LogP contribution in [0.15, 0.2) is 12.3 Å². The fourth-order valence-electron chi connectivity index (χ4n) is 2.00. The molecule has 2 heterocycles. The van der Waals surface area contributed by atoms with Gasteiger partial charge in [0.1, 0.15) is 0 Å². The summed E-state index contributed by atoms with van der Waals surface area (Å²) in [5, 5.41) is 11.0. The van der Waals surface area contributed by atoms with E-state index in [2.05, 4.69) is 17.6 Å². The van der Waals surface area contributed by atoms with Crippen molar-refractivity contribution in [3.63, 3.8) is 0 Å². The Labute approximate surface area is 110 Å². The molecule has 1 unspecified atom stereocenters. The Morgan fingerprint density at radius 3 is 2.94 bits per heavy atom. The van der Waals surface area contributed by atoms with Gasteiger partial charge in [-0.25, -0.2) is 4.98 Å². The van der Waals surface area contributed by atoms with Crippen LogP contribution in [0, 0.1) is 23.0 Å². The molecule has 7 heteroatoms. The standard InChI is InChI=1S/C11H13N3O3S/c1-7-2-9(14(16)17)11(12-4-7)13-5-8(6-18)3-10(13)15/h2,4,8,18H,3,5-6H2,1H3. The van der Waals surface area contributed by atoms with Crippen molar-refractivity contribution in [1.29, 1.82) is 0 Å². The molecule has 1 aromatic heterocycles. The molecule has 96 valence electrons. The molecule has 0 N–H and O–H groups in total. The number of anilines is 1. The third-order valence-electron chi connectivity index (χ3n) is 2.90. The molecule has 1 aliphatic heterocycles. The average Bonchev–Trinajstić information content (AvgIpc) is 2.70. The topological polar surface area (TPSA) is 76.3 Å². The number of amides is 1. The lowest BCUT2D eigenvalue weighted by molar-refractivity contribution is -0.384. The second kappa shape index (κ2) is 4.93. The van der Waals surface area contributed by atoms with Crippen molar-refractivity contribution in [3.8, 4) is 0 Å². The molecule has 18 heavy (non-hydrogen) atoms. The van der Waals surface area contributed by atoms with Crippen molar-refractivity contribution in [3.05, 3.63) is 27.9 Å². The van der Waals surface area contributed by atoms with Gasteiger partial charge in [0, 0.05) is 25.2 Å². The highest BCUT2D eigenvalue weighted by atomic mass is 32.1. The van der Waals surface area contributed by atoms with Crippen LogP contribution in [-0.2, 0) is 4.79 Å². The molecule has 0 aliphatic carbocycles. The Bertz CT molecular complexity index is 506. The number of nitro groups is 1. The minimum atomic E-state index is -0.503. The van der Waals surface area contributed by atoms with Gasteiger partial charge in [0.05, 0.1) is 4.92 Å². The van der Waals surface area contributed by atoms with E-state index < -0.39 is 4.92 Å². The first-order valence-electron chi connectivity index (χ1n) is 5.55. The summed E-state index contributed by atoms with van der Waals surface area (Å²) in [5.41, 5.74) is 0.575. The van der Waals surface area contributed by atoms with Crippen molar-refractivity contribution >= 4 is 30.0 Å². The van der Waals surface area contributed by atoms with Gasteiger partial charge in [-0.3, -0.25) is 19.8 Å². The van der Waals surface area contributed by atoms with Gasteiger partial charge < -0.3 is 0 Å². The van der Waals surface area contributed by atoms with Crippen LogP contribution in [0.3, 0.4) is 0 Å². The van der Waals surface area contributed by atoms with E-state index in [0.29, 0.717) is 24.3 Å². The Hall–Kier alpha value is -1.63. The monoisotopic (exact) mass is 267 g/mol. The fraction of sp³-hybridized carbons (Fsp3) is 0.455. The van der Waals surface area contributed by atoms with Crippen LogP contribution in [0.5, 0.6) is 0 Å². The number of aromatic nitrogens is 1. The molecule has 1 fully saturated rings. The lowest BCUT2D eigenvalue weighted by Gasteiger charge is -2.15. The Kier molecular flexibility index (Phi) is 3.51. The second-order valence-electron chi connectivity index (χ2n) is 4.37. The van der Waals surface area contributed by atoms with E-state index in [1.54, 1.807) is 6.92 Å². The Morgan fingerprint density at radius 1 is 1.67 bits per heavy atom. The fourth-order valence-corrected chi connectivity index (χ4v) is 2.24. The molecular formula is C11H13N3O3S. The van der Waals surface area contributed by atoms with Gasteiger partial charge >= 0.3 is 5.69 Å². The van der Waals surface area contributed by atoms with E-state index in [1.165, 1.54) is 17.2 Å². The van der Waals surface area contributed by atoms with Crippen LogP contribution in [0.2, 0.25) is 0 Å². The largest absolute Gasteiger partial charge is 0.312 e. The summed E-state index contributed by atoms with van der Waals surface area (Å²) in [6.07, 6.45) is 1.90. The van der Waals surface area contributed by atoms with Crippen molar-refractivity contribution < 1.29 is 9.72 Å². The number of nitrogens with zero attached hydrogens (tertiary/aromatic N) is 3. The van der Waals surface area contributed by atoms with Crippen LogP contribution in [-0.4, -0.2) is 28.1 Å². The first-order chi connectivity index (χ1) is 8.52. The van der Waals surface area contributed by atoms with Crippen LogP contribution in [0.4, 0.5) is 11.5 Å². The van der Waals surface area contributed by atoms with Gasteiger partial charge in [0.15, 0.2) is 0 Å². The molecule has 0 radical (unpaired) electrons. The van der Waals surface area contributed by atoms with E-state index in [0.717, 1.165) is 0 Å². The number of hydrogen-bond donors (Lipinski definition) is 1. The number of carbonyl (C=O) groups is 1. The van der Waals surface area contributed by atoms with Crippen molar-refractivity contribution in [1.82, 2.24) is 4.98 Å². The second-order valence-corrected chi connectivity index (χ2v) is 4.73. The SMILES string of the molecule is Cc1cnc(N2CC(CS)CC2=O)c([N+](=O)[O-])c1. The molecule has 0 spiro atoms. The summed E-state index contributed by atoms with van der Waals surface area (Å²) in [6.45, 7) is 2.17. The summed E-state index contributed by atoms with van der Waals surface area (Å²) in [6, 6.07) is 1.43. The summed E-state index contributed by atoms with van der Waals surface area (Å²) >= 11 is 4.16. The van der Waals surface area contributed by atoms with E-state index in [4.69, 9.17) is 0 Å². The van der Waals surface area contributed by atoms with E-state index >= 15 is 0 Å². The maximum absolute atomic E-state index is 11.8. The lowest BCUT2D eigenvalue weighted by atomic mass is 10.1. The summed E-state index contributed by atoms with van der Waals surface area (Å²) in [7, 11) is 0. The van der Waals surface area contributed by atoms with Crippen LogP contribution < -0.4 is 4.90 Å². The number of carbonyl (C=O) groups excluding carboxylic acids is 1. The third kappa shape index (κ3) is 2.31. The first-order valence-corrected chi connectivity index (χ1v) is 6.18. The van der Waals surface area contributed by atoms with Gasteiger partial charge in [0.25, 0.3) is 0 Å². The number of hydrogen-bond acceptors (Lipinski definition) is 5. The predicted octanol–water partition coefficient (Wildman–Crippen LogP) is 1.58. The highest BCUT2D eigenvalue weighted by molar-refractivity contribution is 7.80. The normalized spacial score (nSPS) is 19.3. The Balaban J connectivity index is 2.39. The summed E-state index contributed by atoms with van der Waals surface area (Å²) in [4.78, 5) is 27.8. The smallest absolute Gasteiger partial charge is 0.291 e. The maximum atomic E-state index is 11.8. The number of rotatable bonds is 3. The van der Waals surface area contributed by atoms with Crippen molar-refractivity contribution in [2.45, 2.75) is 13.3 Å².